The number of benzene rings is 1. The molecule has 3 rings (SSSR count). The van der Waals surface area contributed by atoms with Crippen LogP contribution in [0.15, 0.2) is 23.2 Å². The molecule has 174 valence electrons. The molecule has 0 spiro atoms. The third-order valence-electron chi connectivity index (χ3n) is 6.07. The van der Waals surface area contributed by atoms with E-state index in [0.717, 1.165) is 75.5 Å². The van der Waals surface area contributed by atoms with Crippen molar-refractivity contribution in [3.8, 4) is 11.5 Å². The molecule has 8 nitrogen and oxygen atoms in total. The number of rotatable bonds is 8. The summed E-state index contributed by atoms with van der Waals surface area (Å²) in [4.78, 5) is 9.75. The van der Waals surface area contributed by atoms with Crippen LogP contribution < -0.4 is 25.0 Å². The molecule has 0 saturated carbocycles. The predicted molar refractivity (Wildman–Crippen MR) is 126 cm³/mol. The number of ether oxygens (including phenoxy) is 3. The summed E-state index contributed by atoms with van der Waals surface area (Å²) in [6.07, 6.45) is 1.06. The smallest absolute Gasteiger partial charge is 0.191 e. The van der Waals surface area contributed by atoms with Crippen LogP contribution in [0, 0.1) is 0 Å². The number of guanidine groups is 1. The second kappa shape index (κ2) is 11.4. The van der Waals surface area contributed by atoms with Crippen molar-refractivity contribution >= 4 is 11.6 Å². The minimum absolute atomic E-state index is 0.340. The van der Waals surface area contributed by atoms with Crippen molar-refractivity contribution in [2.45, 2.75) is 45.3 Å². The summed E-state index contributed by atoms with van der Waals surface area (Å²) in [7, 11) is 3.37. The molecule has 1 aromatic carbocycles. The zero-order valence-corrected chi connectivity index (χ0v) is 19.7. The lowest BCUT2D eigenvalue weighted by Gasteiger charge is -2.37. The number of morpholine rings is 1. The van der Waals surface area contributed by atoms with E-state index < -0.39 is 0 Å². The lowest BCUT2D eigenvalue weighted by molar-refractivity contribution is -0.0165. The quantitative estimate of drug-likeness (QED) is 0.480. The molecule has 8 heteroatoms. The summed E-state index contributed by atoms with van der Waals surface area (Å²) in [5, 5.41) is 7.04. The minimum Gasteiger partial charge on any atom is -0.497 e. The SMILES string of the molecule is CCNC(=NCC(C)N1CCOCC1C)NC1CCN(c2cc(OC)cc(OC)c2)C1. The average Bonchev–Trinajstić information content (AvgIpc) is 3.26. The fourth-order valence-corrected chi connectivity index (χ4v) is 4.32. The van der Waals surface area contributed by atoms with E-state index >= 15 is 0 Å². The molecule has 2 N–H and O–H groups in total. The highest BCUT2D eigenvalue weighted by atomic mass is 16.5. The maximum Gasteiger partial charge on any atom is 0.191 e. The van der Waals surface area contributed by atoms with Crippen molar-refractivity contribution in [3.05, 3.63) is 18.2 Å². The topological polar surface area (TPSA) is 70.6 Å². The zero-order chi connectivity index (χ0) is 22.2. The van der Waals surface area contributed by atoms with E-state index in [4.69, 9.17) is 19.2 Å². The van der Waals surface area contributed by atoms with E-state index in [1.807, 2.05) is 6.07 Å². The summed E-state index contributed by atoms with van der Waals surface area (Å²) >= 11 is 0. The summed E-state index contributed by atoms with van der Waals surface area (Å²) in [6.45, 7) is 12.7. The van der Waals surface area contributed by atoms with Crippen LogP contribution in [-0.2, 0) is 4.74 Å². The highest BCUT2D eigenvalue weighted by Gasteiger charge is 2.26. The first-order chi connectivity index (χ1) is 15.0. The van der Waals surface area contributed by atoms with Crippen molar-refractivity contribution in [2.24, 2.45) is 4.99 Å². The van der Waals surface area contributed by atoms with Gasteiger partial charge in [0.2, 0.25) is 0 Å². The van der Waals surface area contributed by atoms with Crippen LogP contribution >= 0.6 is 0 Å². The fraction of sp³-hybridized carbons (Fsp3) is 0.696. The van der Waals surface area contributed by atoms with Gasteiger partial charge in [-0.3, -0.25) is 9.89 Å². The van der Waals surface area contributed by atoms with Crippen LogP contribution in [-0.4, -0.2) is 89.1 Å². The van der Waals surface area contributed by atoms with Gasteiger partial charge in [0.05, 0.1) is 34.0 Å². The number of anilines is 1. The normalized spacial score (nSPS) is 23.5. The molecule has 3 atom stereocenters. The Kier molecular flexibility index (Phi) is 8.66. The monoisotopic (exact) mass is 433 g/mol. The van der Waals surface area contributed by atoms with Crippen LogP contribution in [0.1, 0.15) is 27.2 Å². The van der Waals surface area contributed by atoms with Gasteiger partial charge >= 0.3 is 0 Å². The number of nitrogens with one attached hydrogen (secondary N) is 2. The molecule has 2 fully saturated rings. The molecular weight excluding hydrogens is 394 g/mol. The highest BCUT2D eigenvalue weighted by molar-refractivity contribution is 5.80. The molecule has 0 amide bonds. The van der Waals surface area contributed by atoms with E-state index in [0.29, 0.717) is 18.1 Å². The number of hydrogen-bond donors (Lipinski definition) is 2. The fourth-order valence-electron chi connectivity index (χ4n) is 4.32. The van der Waals surface area contributed by atoms with Gasteiger partial charge in [0.15, 0.2) is 5.96 Å². The second-order valence-electron chi connectivity index (χ2n) is 8.38. The third-order valence-corrected chi connectivity index (χ3v) is 6.07. The molecule has 2 aliphatic heterocycles. The molecule has 2 heterocycles. The number of aliphatic imine (C=N–C) groups is 1. The predicted octanol–water partition coefficient (Wildman–Crippen LogP) is 1.95. The molecule has 3 unspecified atom stereocenters. The van der Waals surface area contributed by atoms with E-state index in [-0.39, 0.29) is 0 Å². The van der Waals surface area contributed by atoms with Gasteiger partial charge < -0.3 is 29.7 Å². The first-order valence-electron chi connectivity index (χ1n) is 11.4. The largest absolute Gasteiger partial charge is 0.497 e. The van der Waals surface area contributed by atoms with E-state index in [1.165, 1.54) is 0 Å². The van der Waals surface area contributed by atoms with E-state index in [9.17, 15) is 0 Å². The standard InChI is InChI=1S/C23H39N5O3/c1-6-24-23(25-14-17(2)28-9-10-31-16-18(28)3)26-19-7-8-27(15-19)20-11-21(29-4)13-22(12-20)30-5/h11-13,17-19H,6-10,14-16H2,1-5H3,(H2,24,25,26). The Morgan fingerprint density at radius 2 is 1.97 bits per heavy atom. The van der Waals surface area contributed by atoms with Crippen LogP contribution in [0.4, 0.5) is 5.69 Å². The molecule has 2 saturated heterocycles. The van der Waals surface area contributed by atoms with Gasteiger partial charge in [0.25, 0.3) is 0 Å². The van der Waals surface area contributed by atoms with Gasteiger partial charge in [0, 0.05) is 68.2 Å². The van der Waals surface area contributed by atoms with Crippen LogP contribution in [0.3, 0.4) is 0 Å². The molecule has 0 radical (unpaired) electrons. The first-order valence-corrected chi connectivity index (χ1v) is 11.4. The molecule has 0 aliphatic carbocycles. The average molecular weight is 434 g/mol. The Morgan fingerprint density at radius 3 is 2.61 bits per heavy atom. The van der Waals surface area contributed by atoms with Gasteiger partial charge in [-0.2, -0.15) is 0 Å². The van der Waals surface area contributed by atoms with Crippen molar-refractivity contribution < 1.29 is 14.2 Å². The minimum atomic E-state index is 0.340. The van der Waals surface area contributed by atoms with Crippen molar-refractivity contribution in [3.63, 3.8) is 0 Å². The molecule has 0 bridgehead atoms. The molecule has 31 heavy (non-hydrogen) atoms. The maximum absolute atomic E-state index is 5.57. The second-order valence-corrected chi connectivity index (χ2v) is 8.38. The van der Waals surface area contributed by atoms with Crippen molar-refractivity contribution in [1.82, 2.24) is 15.5 Å². The molecule has 1 aromatic rings. The number of methoxy groups -OCH3 is 2. The summed E-state index contributed by atoms with van der Waals surface area (Å²) < 4.78 is 16.4. The lowest BCUT2D eigenvalue weighted by atomic mass is 10.2. The van der Waals surface area contributed by atoms with Crippen molar-refractivity contribution in [1.29, 1.82) is 0 Å². The van der Waals surface area contributed by atoms with Gasteiger partial charge in [-0.25, -0.2) is 0 Å². The van der Waals surface area contributed by atoms with Crippen LogP contribution in [0.5, 0.6) is 11.5 Å². The van der Waals surface area contributed by atoms with E-state index in [2.05, 4.69) is 53.3 Å². The molecule has 0 aromatic heterocycles. The van der Waals surface area contributed by atoms with Crippen LogP contribution in [0.25, 0.3) is 0 Å². The Hall–Kier alpha value is -2.19. The zero-order valence-electron chi connectivity index (χ0n) is 19.7. The van der Waals surface area contributed by atoms with Gasteiger partial charge in [-0.1, -0.05) is 0 Å². The Balaban J connectivity index is 1.59. The van der Waals surface area contributed by atoms with E-state index in [1.54, 1.807) is 14.2 Å². The Labute approximate surface area is 186 Å². The lowest BCUT2D eigenvalue weighted by Crippen LogP contribution is -2.50. The summed E-state index contributed by atoms with van der Waals surface area (Å²) in [6, 6.07) is 7.20. The van der Waals surface area contributed by atoms with Crippen molar-refractivity contribution in [2.75, 3.05) is 65.1 Å². The van der Waals surface area contributed by atoms with Gasteiger partial charge in [-0.15, -0.1) is 0 Å². The third kappa shape index (κ3) is 6.40. The first kappa shape index (κ1) is 23.5. The molecular formula is C23H39N5O3. The summed E-state index contributed by atoms with van der Waals surface area (Å²) in [5.74, 6) is 2.52. The van der Waals surface area contributed by atoms with Crippen LogP contribution in [0.2, 0.25) is 0 Å². The summed E-state index contributed by atoms with van der Waals surface area (Å²) in [5.41, 5.74) is 1.12. The Morgan fingerprint density at radius 1 is 1.23 bits per heavy atom. The number of nitrogens with zero attached hydrogens (tertiary/aromatic N) is 3. The van der Waals surface area contributed by atoms with Gasteiger partial charge in [0.1, 0.15) is 11.5 Å². The number of hydrogen-bond acceptors (Lipinski definition) is 6. The Bertz CT molecular complexity index is 707. The van der Waals surface area contributed by atoms with Gasteiger partial charge in [-0.05, 0) is 27.2 Å². The highest BCUT2D eigenvalue weighted by Crippen LogP contribution is 2.30. The maximum atomic E-state index is 5.57. The molecule has 2 aliphatic rings.